The number of alkyl halides is 1. The molecular formula is C15H14ClNO. The second-order valence-corrected chi connectivity index (χ2v) is 4.54. The standard InChI is InChI=1S/C15H14ClNO/c16-14(11-12-7-3-1-4-8-12)15(18)17-13-9-5-2-6-10-13/h1-10,14H,11H2,(H,17,18)/t14-/m1/s1. The molecule has 0 aromatic heterocycles. The van der Waals surface area contributed by atoms with Crippen LogP contribution in [0.2, 0.25) is 0 Å². The number of halogens is 1. The van der Waals surface area contributed by atoms with E-state index in [1.165, 1.54) is 0 Å². The van der Waals surface area contributed by atoms with Gasteiger partial charge in [-0.15, -0.1) is 11.6 Å². The van der Waals surface area contributed by atoms with Crippen molar-refractivity contribution >= 4 is 23.2 Å². The Balaban J connectivity index is 1.93. The van der Waals surface area contributed by atoms with Crippen molar-refractivity contribution in [2.75, 3.05) is 5.32 Å². The summed E-state index contributed by atoms with van der Waals surface area (Å²) in [5.41, 5.74) is 1.82. The van der Waals surface area contributed by atoms with Gasteiger partial charge in [0.05, 0.1) is 0 Å². The maximum Gasteiger partial charge on any atom is 0.242 e. The van der Waals surface area contributed by atoms with E-state index in [-0.39, 0.29) is 5.91 Å². The van der Waals surface area contributed by atoms with Crippen molar-refractivity contribution in [3.05, 3.63) is 66.2 Å². The number of benzene rings is 2. The number of nitrogens with one attached hydrogen (secondary N) is 1. The van der Waals surface area contributed by atoms with Gasteiger partial charge in [-0.2, -0.15) is 0 Å². The van der Waals surface area contributed by atoms with Gasteiger partial charge in [0.1, 0.15) is 5.38 Å². The highest BCUT2D eigenvalue weighted by atomic mass is 35.5. The van der Waals surface area contributed by atoms with E-state index in [9.17, 15) is 4.79 Å². The van der Waals surface area contributed by atoms with Crippen LogP contribution in [-0.2, 0) is 11.2 Å². The topological polar surface area (TPSA) is 29.1 Å². The zero-order valence-electron chi connectivity index (χ0n) is 9.84. The lowest BCUT2D eigenvalue weighted by Crippen LogP contribution is -2.25. The predicted octanol–water partition coefficient (Wildman–Crippen LogP) is 3.48. The van der Waals surface area contributed by atoms with Crippen LogP contribution in [0.1, 0.15) is 5.56 Å². The Morgan fingerprint density at radius 1 is 1.00 bits per heavy atom. The van der Waals surface area contributed by atoms with E-state index in [1.807, 2.05) is 60.7 Å². The van der Waals surface area contributed by atoms with Crippen molar-refractivity contribution in [2.24, 2.45) is 0 Å². The van der Waals surface area contributed by atoms with E-state index < -0.39 is 5.38 Å². The van der Waals surface area contributed by atoms with Crippen LogP contribution >= 0.6 is 11.6 Å². The van der Waals surface area contributed by atoms with Gasteiger partial charge in [0.2, 0.25) is 5.91 Å². The van der Waals surface area contributed by atoms with Crippen LogP contribution in [0.5, 0.6) is 0 Å². The molecular weight excluding hydrogens is 246 g/mol. The molecule has 2 aromatic rings. The minimum atomic E-state index is -0.562. The van der Waals surface area contributed by atoms with E-state index in [1.54, 1.807) is 0 Å². The molecule has 1 N–H and O–H groups in total. The molecule has 2 aromatic carbocycles. The Morgan fingerprint density at radius 2 is 1.56 bits per heavy atom. The average Bonchev–Trinajstić information content (AvgIpc) is 2.41. The lowest BCUT2D eigenvalue weighted by atomic mass is 10.1. The molecule has 0 radical (unpaired) electrons. The van der Waals surface area contributed by atoms with Gasteiger partial charge in [0.15, 0.2) is 0 Å². The van der Waals surface area contributed by atoms with Crippen LogP contribution in [0, 0.1) is 0 Å². The normalized spacial score (nSPS) is 11.8. The van der Waals surface area contributed by atoms with E-state index >= 15 is 0 Å². The molecule has 0 fully saturated rings. The first-order valence-electron chi connectivity index (χ1n) is 5.79. The summed E-state index contributed by atoms with van der Waals surface area (Å²) in [7, 11) is 0. The van der Waals surface area contributed by atoms with Crippen LogP contribution in [-0.4, -0.2) is 11.3 Å². The van der Waals surface area contributed by atoms with Gasteiger partial charge < -0.3 is 5.32 Å². The summed E-state index contributed by atoms with van der Waals surface area (Å²) in [5.74, 6) is -0.174. The maximum absolute atomic E-state index is 11.9. The third-order valence-corrected chi connectivity index (χ3v) is 2.94. The van der Waals surface area contributed by atoms with Gasteiger partial charge in [-0.1, -0.05) is 48.5 Å². The summed E-state index contributed by atoms with van der Waals surface area (Å²) in [6, 6.07) is 19.1. The van der Waals surface area contributed by atoms with E-state index in [0.29, 0.717) is 6.42 Å². The fourth-order valence-corrected chi connectivity index (χ4v) is 1.89. The molecule has 0 heterocycles. The van der Waals surface area contributed by atoms with Crippen molar-refractivity contribution in [3.63, 3.8) is 0 Å². The number of hydrogen-bond acceptors (Lipinski definition) is 1. The summed E-state index contributed by atoms with van der Waals surface area (Å²) in [6.45, 7) is 0. The Bertz CT molecular complexity index is 498. The highest BCUT2D eigenvalue weighted by Gasteiger charge is 2.15. The average molecular weight is 260 g/mol. The molecule has 0 spiro atoms. The van der Waals surface area contributed by atoms with Gasteiger partial charge in [-0.25, -0.2) is 0 Å². The fraction of sp³-hybridized carbons (Fsp3) is 0.133. The highest BCUT2D eigenvalue weighted by Crippen LogP contribution is 2.12. The maximum atomic E-state index is 11.9. The van der Waals surface area contributed by atoms with Crippen LogP contribution in [0.4, 0.5) is 5.69 Å². The quantitative estimate of drug-likeness (QED) is 0.837. The van der Waals surface area contributed by atoms with Crippen molar-refractivity contribution in [1.82, 2.24) is 0 Å². The molecule has 0 unspecified atom stereocenters. The van der Waals surface area contributed by atoms with Crippen LogP contribution in [0.15, 0.2) is 60.7 Å². The second-order valence-electron chi connectivity index (χ2n) is 4.01. The van der Waals surface area contributed by atoms with Crippen LogP contribution < -0.4 is 5.32 Å². The number of anilines is 1. The Kier molecular flexibility index (Phi) is 4.37. The van der Waals surface area contributed by atoms with Gasteiger partial charge in [0.25, 0.3) is 0 Å². The van der Waals surface area contributed by atoms with Gasteiger partial charge in [0, 0.05) is 5.69 Å². The van der Waals surface area contributed by atoms with E-state index in [2.05, 4.69) is 5.32 Å². The first-order valence-corrected chi connectivity index (χ1v) is 6.23. The van der Waals surface area contributed by atoms with Gasteiger partial charge >= 0.3 is 0 Å². The number of para-hydroxylation sites is 1. The summed E-state index contributed by atoms with van der Waals surface area (Å²) in [4.78, 5) is 11.9. The number of hydrogen-bond donors (Lipinski definition) is 1. The molecule has 2 rings (SSSR count). The molecule has 0 bridgehead atoms. The molecule has 0 aliphatic heterocycles. The SMILES string of the molecule is O=C(Nc1ccccc1)[C@H](Cl)Cc1ccccc1. The first-order chi connectivity index (χ1) is 8.75. The minimum absolute atomic E-state index is 0.174. The van der Waals surface area contributed by atoms with Crippen LogP contribution in [0.3, 0.4) is 0 Å². The van der Waals surface area contributed by atoms with Crippen molar-refractivity contribution in [3.8, 4) is 0 Å². The van der Waals surface area contributed by atoms with E-state index in [4.69, 9.17) is 11.6 Å². The predicted molar refractivity (Wildman–Crippen MR) is 74.9 cm³/mol. The zero-order chi connectivity index (χ0) is 12.8. The highest BCUT2D eigenvalue weighted by molar-refractivity contribution is 6.32. The van der Waals surface area contributed by atoms with Crippen molar-refractivity contribution in [2.45, 2.75) is 11.8 Å². The summed E-state index contributed by atoms with van der Waals surface area (Å²) < 4.78 is 0. The molecule has 1 atom stereocenters. The van der Waals surface area contributed by atoms with Gasteiger partial charge in [-0.05, 0) is 24.1 Å². The molecule has 1 amide bonds. The van der Waals surface area contributed by atoms with Crippen molar-refractivity contribution < 1.29 is 4.79 Å². The second kappa shape index (κ2) is 6.22. The monoisotopic (exact) mass is 259 g/mol. The third kappa shape index (κ3) is 3.60. The fourth-order valence-electron chi connectivity index (χ4n) is 1.66. The minimum Gasteiger partial charge on any atom is -0.325 e. The Labute approximate surface area is 112 Å². The number of carbonyl (C=O) groups excluding carboxylic acids is 1. The molecule has 0 aliphatic rings. The third-order valence-electron chi connectivity index (χ3n) is 2.58. The molecule has 92 valence electrons. The van der Waals surface area contributed by atoms with Crippen LogP contribution in [0.25, 0.3) is 0 Å². The molecule has 2 nitrogen and oxygen atoms in total. The summed E-state index contributed by atoms with van der Waals surface area (Å²) in [6.07, 6.45) is 0.529. The number of carbonyl (C=O) groups is 1. The molecule has 0 aliphatic carbocycles. The summed E-state index contributed by atoms with van der Waals surface area (Å²) >= 11 is 6.10. The lowest BCUT2D eigenvalue weighted by molar-refractivity contribution is -0.115. The molecule has 3 heteroatoms. The molecule has 18 heavy (non-hydrogen) atoms. The Morgan fingerprint density at radius 3 is 2.17 bits per heavy atom. The number of rotatable bonds is 4. The van der Waals surface area contributed by atoms with Gasteiger partial charge in [-0.3, -0.25) is 4.79 Å². The molecule has 0 saturated carbocycles. The lowest BCUT2D eigenvalue weighted by Gasteiger charge is -2.10. The first kappa shape index (κ1) is 12.7. The molecule has 0 saturated heterocycles. The zero-order valence-corrected chi connectivity index (χ0v) is 10.6. The summed E-state index contributed by atoms with van der Waals surface area (Å²) in [5, 5.41) is 2.23. The largest absolute Gasteiger partial charge is 0.325 e. The van der Waals surface area contributed by atoms with Crippen molar-refractivity contribution in [1.29, 1.82) is 0 Å². The smallest absolute Gasteiger partial charge is 0.242 e. The number of amides is 1. The Hall–Kier alpha value is -1.80. The van der Waals surface area contributed by atoms with E-state index in [0.717, 1.165) is 11.3 Å².